The van der Waals surface area contributed by atoms with Crippen LogP contribution in [0.15, 0.2) is 54.6 Å². The van der Waals surface area contributed by atoms with Gasteiger partial charge >= 0.3 is 6.03 Å². The maximum Gasteiger partial charge on any atom is 0.323 e. The number of alkyl halides is 2. The summed E-state index contributed by atoms with van der Waals surface area (Å²) in [6.45, 7) is 7.81. The lowest BCUT2D eigenvalue weighted by Gasteiger charge is -2.34. The Morgan fingerprint density at radius 2 is 1.68 bits per heavy atom. The van der Waals surface area contributed by atoms with E-state index in [1.807, 2.05) is 6.92 Å². The molecule has 2 amide bonds. The van der Waals surface area contributed by atoms with Crippen LogP contribution in [0.25, 0.3) is 11.4 Å². The summed E-state index contributed by atoms with van der Waals surface area (Å²) in [5.41, 5.74) is 1.76. The topological polar surface area (TPSA) is 114 Å². The van der Waals surface area contributed by atoms with Crippen LogP contribution in [0.1, 0.15) is 39.0 Å². The fraction of sp³-hybridized carbons (Fsp3) is 0.393. The number of amides is 2. The van der Waals surface area contributed by atoms with Gasteiger partial charge in [-0.3, -0.25) is 0 Å². The molecular weight excluding hydrogens is 540 g/mol. The summed E-state index contributed by atoms with van der Waals surface area (Å²) >= 11 is 0. The van der Waals surface area contributed by atoms with Gasteiger partial charge in [-0.15, -0.1) is 0 Å². The highest BCUT2D eigenvalue weighted by Gasteiger charge is 2.25. The van der Waals surface area contributed by atoms with Gasteiger partial charge in [-0.1, -0.05) is 12.1 Å². The predicted molar refractivity (Wildman–Crippen MR) is 152 cm³/mol. The molecule has 0 saturated carbocycles. The number of aromatic nitrogens is 2. The highest BCUT2D eigenvalue weighted by atomic mass is 32.2. The maximum absolute atomic E-state index is 13.4. The second kappa shape index (κ2) is 11.8. The Morgan fingerprint density at radius 1 is 1.07 bits per heavy atom. The van der Waals surface area contributed by atoms with Gasteiger partial charge in [0.05, 0.1) is 36.0 Å². The summed E-state index contributed by atoms with van der Waals surface area (Å²) in [6, 6.07) is 13.4. The lowest BCUT2D eigenvalue weighted by Crippen LogP contribution is -2.44. The molecule has 1 aromatic heterocycles. The van der Waals surface area contributed by atoms with Gasteiger partial charge < -0.3 is 20.3 Å². The SMILES string of the molecule is CC(C)S(=O)(=O)Cc1cc(N2CCOC[C@@H]2C)nc(-c2ccc(NC(=O)Nc3ccc(C(C)(F)F)cc3)cc2)n1. The summed E-state index contributed by atoms with van der Waals surface area (Å²) in [4.78, 5) is 23.8. The van der Waals surface area contributed by atoms with Crippen LogP contribution in [0.3, 0.4) is 0 Å². The monoisotopic (exact) mass is 573 g/mol. The first-order valence-electron chi connectivity index (χ1n) is 12.9. The molecule has 1 aliphatic rings. The summed E-state index contributed by atoms with van der Waals surface area (Å²) in [5.74, 6) is -2.17. The Balaban J connectivity index is 1.53. The number of hydrogen-bond donors (Lipinski definition) is 2. The third kappa shape index (κ3) is 7.30. The molecule has 12 heteroatoms. The summed E-state index contributed by atoms with van der Waals surface area (Å²) in [7, 11) is -3.39. The molecule has 214 valence electrons. The molecule has 0 aliphatic carbocycles. The van der Waals surface area contributed by atoms with Crippen LogP contribution in [0.2, 0.25) is 0 Å². The number of rotatable bonds is 8. The van der Waals surface area contributed by atoms with Crippen molar-refractivity contribution in [3.8, 4) is 11.4 Å². The van der Waals surface area contributed by atoms with Crippen LogP contribution in [0.4, 0.5) is 30.8 Å². The second-order valence-corrected chi connectivity index (χ2v) is 12.7. The van der Waals surface area contributed by atoms with Crippen LogP contribution < -0.4 is 15.5 Å². The fourth-order valence-corrected chi connectivity index (χ4v) is 5.01. The molecule has 1 saturated heterocycles. The molecule has 2 N–H and O–H groups in total. The minimum absolute atomic E-state index is 0.0609. The number of hydrogen-bond acceptors (Lipinski definition) is 7. The average molecular weight is 574 g/mol. The molecule has 0 radical (unpaired) electrons. The number of nitrogens with zero attached hydrogens (tertiary/aromatic N) is 3. The zero-order valence-electron chi connectivity index (χ0n) is 22.8. The number of sulfone groups is 1. The van der Waals surface area contributed by atoms with E-state index in [1.165, 1.54) is 24.3 Å². The third-order valence-corrected chi connectivity index (χ3v) is 8.68. The number of benzene rings is 2. The van der Waals surface area contributed by atoms with Crippen molar-refractivity contribution >= 4 is 33.1 Å². The zero-order valence-corrected chi connectivity index (χ0v) is 23.6. The van der Waals surface area contributed by atoms with Gasteiger partial charge in [-0.05, 0) is 57.2 Å². The molecular formula is C28H33F2N5O4S. The van der Waals surface area contributed by atoms with Gasteiger partial charge in [0.25, 0.3) is 5.92 Å². The van der Waals surface area contributed by atoms with E-state index < -0.39 is 27.0 Å². The molecule has 1 aliphatic heterocycles. The van der Waals surface area contributed by atoms with Crippen molar-refractivity contribution in [1.82, 2.24) is 9.97 Å². The van der Waals surface area contributed by atoms with Gasteiger partial charge in [-0.25, -0.2) is 32.0 Å². The lowest BCUT2D eigenvalue weighted by molar-refractivity contribution is 0.0175. The van der Waals surface area contributed by atoms with E-state index >= 15 is 0 Å². The molecule has 1 atom stereocenters. The Labute approximate surface area is 232 Å². The van der Waals surface area contributed by atoms with E-state index in [4.69, 9.17) is 9.72 Å². The molecule has 0 unspecified atom stereocenters. The molecule has 0 spiro atoms. The van der Waals surface area contributed by atoms with Crippen LogP contribution in [0.5, 0.6) is 0 Å². The number of nitrogens with one attached hydrogen (secondary N) is 2. The van der Waals surface area contributed by atoms with Crippen molar-refractivity contribution in [3.05, 3.63) is 65.9 Å². The molecule has 4 rings (SSSR count). The van der Waals surface area contributed by atoms with Crippen molar-refractivity contribution in [2.45, 2.75) is 50.7 Å². The van der Waals surface area contributed by atoms with Crippen molar-refractivity contribution in [1.29, 1.82) is 0 Å². The smallest absolute Gasteiger partial charge is 0.323 e. The van der Waals surface area contributed by atoms with Crippen molar-refractivity contribution < 1.29 is 26.7 Å². The Bertz CT molecular complexity index is 1440. The van der Waals surface area contributed by atoms with Gasteiger partial charge in [0.15, 0.2) is 15.7 Å². The lowest BCUT2D eigenvalue weighted by atomic mass is 10.1. The molecule has 0 bridgehead atoms. The number of carbonyl (C=O) groups excluding carboxylic acids is 1. The number of morpholine rings is 1. The fourth-order valence-electron chi connectivity index (χ4n) is 4.12. The molecule has 3 aromatic rings. The van der Waals surface area contributed by atoms with Crippen molar-refractivity contribution in [3.63, 3.8) is 0 Å². The number of ether oxygens (including phenoxy) is 1. The van der Waals surface area contributed by atoms with Crippen LogP contribution in [-0.4, -0.2) is 55.5 Å². The van der Waals surface area contributed by atoms with E-state index in [2.05, 4.69) is 20.5 Å². The maximum atomic E-state index is 13.4. The van der Waals surface area contributed by atoms with Gasteiger partial charge in [0, 0.05) is 42.0 Å². The molecule has 2 aromatic carbocycles. The highest BCUT2D eigenvalue weighted by Crippen LogP contribution is 2.28. The Kier molecular flexibility index (Phi) is 8.69. The summed E-state index contributed by atoms with van der Waals surface area (Å²) in [5, 5.41) is 4.76. The normalized spacial score (nSPS) is 16.2. The van der Waals surface area contributed by atoms with E-state index in [-0.39, 0.29) is 17.4 Å². The van der Waals surface area contributed by atoms with Crippen LogP contribution >= 0.6 is 0 Å². The van der Waals surface area contributed by atoms with Crippen LogP contribution in [-0.2, 0) is 26.2 Å². The Morgan fingerprint density at radius 3 is 2.23 bits per heavy atom. The quantitative estimate of drug-likeness (QED) is 0.369. The number of carbonyl (C=O) groups is 1. The van der Waals surface area contributed by atoms with Crippen molar-refractivity contribution in [2.75, 3.05) is 35.3 Å². The minimum atomic E-state index is -3.39. The van der Waals surface area contributed by atoms with E-state index in [1.54, 1.807) is 44.2 Å². The number of halogens is 2. The minimum Gasteiger partial charge on any atom is -0.377 e. The largest absolute Gasteiger partial charge is 0.377 e. The zero-order chi connectivity index (χ0) is 29.1. The first-order chi connectivity index (χ1) is 18.8. The predicted octanol–water partition coefficient (Wildman–Crippen LogP) is 5.45. The third-order valence-electron chi connectivity index (χ3n) is 6.55. The average Bonchev–Trinajstić information content (AvgIpc) is 2.88. The number of anilines is 3. The number of urea groups is 1. The molecule has 9 nitrogen and oxygen atoms in total. The second-order valence-electron chi connectivity index (χ2n) is 10.1. The highest BCUT2D eigenvalue weighted by molar-refractivity contribution is 7.91. The van der Waals surface area contributed by atoms with Gasteiger partial charge in [0.2, 0.25) is 0 Å². The summed E-state index contributed by atoms with van der Waals surface area (Å²) in [6.07, 6.45) is 0. The Hall–Kier alpha value is -3.64. The summed E-state index contributed by atoms with van der Waals surface area (Å²) < 4.78 is 57.7. The van der Waals surface area contributed by atoms with Gasteiger partial charge in [0.1, 0.15) is 5.82 Å². The van der Waals surface area contributed by atoms with E-state index in [0.717, 1.165) is 6.92 Å². The molecule has 1 fully saturated rings. The van der Waals surface area contributed by atoms with Crippen LogP contribution in [0, 0.1) is 0 Å². The first-order valence-corrected chi connectivity index (χ1v) is 14.6. The van der Waals surface area contributed by atoms with E-state index in [0.29, 0.717) is 54.0 Å². The first kappa shape index (κ1) is 29.3. The molecule has 2 heterocycles. The standard InChI is InChI=1S/C28H33F2N5O4S/c1-18(2)40(37,38)17-24-15-25(35-13-14-39-16-19(35)3)34-26(31-24)20-5-9-22(10-6-20)32-27(36)33-23-11-7-21(8-12-23)28(4,29)30/h5-12,15,18-19H,13-14,16-17H2,1-4H3,(H2,32,33,36)/t19-/m0/s1. The van der Waals surface area contributed by atoms with Gasteiger partial charge in [-0.2, -0.15) is 0 Å². The van der Waals surface area contributed by atoms with Crippen molar-refractivity contribution in [2.24, 2.45) is 0 Å². The van der Waals surface area contributed by atoms with E-state index in [9.17, 15) is 22.0 Å². The molecule has 40 heavy (non-hydrogen) atoms.